The van der Waals surface area contributed by atoms with E-state index in [-0.39, 0.29) is 23.9 Å². The van der Waals surface area contributed by atoms with Gasteiger partial charge in [0.1, 0.15) is 0 Å². The number of carbonyl (C=O) groups is 1. The third kappa shape index (κ3) is 6.73. The van der Waals surface area contributed by atoms with E-state index in [9.17, 15) is 13.2 Å². The highest BCUT2D eigenvalue weighted by Gasteiger charge is 2.20. The van der Waals surface area contributed by atoms with Crippen LogP contribution in [0.3, 0.4) is 0 Å². The Morgan fingerprint density at radius 1 is 0.943 bits per heavy atom. The number of anilines is 1. The highest BCUT2D eigenvalue weighted by molar-refractivity contribution is 7.92. The lowest BCUT2D eigenvalue weighted by molar-refractivity contribution is 0.0940. The van der Waals surface area contributed by atoms with Crippen molar-refractivity contribution in [2.75, 3.05) is 10.6 Å². The van der Waals surface area contributed by atoms with Gasteiger partial charge in [-0.05, 0) is 72.2 Å². The zero-order valence-corrected chi connectivity index (χ0v) is 22.5. The predicted molar refractivity (Wildman–Crippen MR) is 144 cm³/mol. The normalized spacial score (nSPS) is 12.8. The highest BCUT2D eigenvalue weighted by atomic mass is 32.2. The molecular weight excluding hydrogens is 456 g/mol. The maximum Gasteiger partial charge on any atom is 0.251 e. The zero-order valence-electron chi connectivity index (χ0n) is 21.7. The molecule has 0 aliphatic heterocycles. The number of aryl methyl sites for hydroxylation is 2. The molecule has 0 aromatic heterocycles. The van der Waals surface area contributed by atoms with Gasteiger partial charge in [0.2, 0.25) is 10.0 Å². The summed E-state index contributed by atoms with van der Waals surface area (Å²) in [6, 6.07) is 21.1. The Labute approximate surface area is 210 Å². The molecule has 5 nitrogen and oxygen atoms in total. The van der Waals surface area contributed by atoms with E-state index in [1.54, 1.807) is 24.3 Å². The molecule has 0 fully saturated rings. The number of hydrogen-bond donors (Lipinski definition) is 1. The molecule has 0 spiro atoms. The Hall–Kier alpha value is -3.12. The van der Waals surface area contributed by atoms with Gasteiger partial charge in [-0.15, -0.1) is 0 Å². The van der Waals surface area contributed by atoms with Gasteiger partial charge in [0.15, 0.2) is 0 Å². The molecule has 0 heterocycles. The standard InChI is InChI=1S/C29H36N2O3S/c1-20-8-9-21(2)27(18-20)31(35(7,33)34)19-23-10-12-25(13-11-23)28(32)30-22(3)24-14-16-26(17-15-24)29(4,5)6/h8-18,22H,19H2,1-7H3,(H,30,32)/t22-/m1/s1. The van der Waals surface area contributed by atoms with Crippen molar-refractivity contribution < 1.29 is 13.2 Å². The van der Waals surface area contributed by atoms with Gasteiger partial charge in [-0.1, -0.05) is 69.3 Å². The van der Waals surface area contributed by atoms with Crippen molar-refractivity contribution in [1.82, 2.24) is 5.32 Å². The molecule has 1 atom stereocenters. The summed E-state index contributed by atoms with van der Waals surface area (Å²) in [4.78, 5) is 12.8. The van der Waals surface area contributed by atoms with E-state index >= 15 is 0 Å². The number of nitrogens with zero attached hydrogens (tertiary/aromatic N) is 1. The van der Waals surface area contributed by atoms with E-state index in [1.807, 2.05) is 39.0 Å². The third-order valence-electron chi connectivity index (χ3n) is 6.20. The van der Waals surface area contributed by atoms with E-state index in [1.165, 1.54) is 16.1 Å². The van der Waals surface area contributed by atoms with Crippen LogP contribution in [0.1, 0.15) is 71.9 Å². The van der Waals surface area contributed by atoms with Gasteiger partial charge >= 0.3 is 0 Å². The molecule has 0 aliphatic rings. The molecule has 3 rings (SSSR count). The van der Waals surface area contributed by atoms with E-state index in [0.717, 1.165) is 22.3 Å². The molecule has 1 amide bonds. The van der Waals surface area contributed by atoms with Gasteiger partial charge in [0.25, 0.3) is 5.91 Å². The summed E-state index contributed by atoms with van der Waals surface area (Å²) in [7, 11) is -3.49. The van der Waals surface area contributed by atoms with Gasteiger partial charge in [-0.25, -0.2) is 8.42 Å². The van der Waals surface area contributed by atoms with Crippen molar-refractivity contribution in [2.24, 2.45) is 0 Å². The topological polar surface area (TPSA) is 66.5 Å². The maximum atomic E-state index is 12.8. The molecule has 0 aliphatic carbocycles. The van der Waals surface area contributed by atoms with Gasteiger partial charge < -0.3 is 5.32 Å². The molecule has 35 heavy (non-hydrogen) atoms. The summed E-state index contributed by atoms with van der Waals surface area (Å²) in [5.74, 6) is -0.168. The fraction of sp³-hybridized carbons (Fsp3) is 0.345. The minimum atomic E-state index is -3.49. The minimum Gasteiger partial charge on any atom is -0.346 e. The predicted octanol–water partition coefficient (Wildman–Crippen LogP) is 6.06. The average molecular weight is 493 g/mol. The van der Waals surface area contributed by atoms with Crippen LogP contribution in [-0.4, -0.2) is 20.6 Å². The van der Waals surface area contributed by atoms with E-state index in [0.29, 0.717) is 11.3 Å². The lowest BCUT2D eigenvalue weighted by atomic mass is 9.86. The number of sulfonamides is 1. The molecule has 3 aromatic rings. The molecule has 0 saturated carbocycles. The second-order valence-corrected chi connectivity index (χ2v) is 12.2. The van der Waals surface area contributed by atoms with Crippen LogP contribution in [0.15, 0.2) is 66.7 Å². The molecule has 0 bridgehead atoms. The van der Waals surface area contributed by atoms with Crippen molar-refractivity contribution in [3.63, 3.8) is 0 Å². The number of amides is 1. The van der Waals surface area contributed by atoms with E-state index < -0.39 is 10.0 Å². The van der Waals surface area contributed by atoms with Crippen LogP contribution >= 0.6 is 0 Å². The Bertz CT molecular complexity index is 1290. The quantitative estimate of drug-likeness (QED) is 0.436. The first-order chi connectivity index (χ1) is 16.3. The van der Waals surface area contributed by atoms with Gasteiger partial charge in [-0.2, -0.15) is 0 Å². The molecule has 3 aromatic carbocycles. The molecule has 1 N–H and O–H groups in total. The van der Waals surface area contributed by atoms with Crippen LogP contribution in [0.4, 0.5) is 5.69 Å². The van der Waals surface area contributed by atoms with Crippen LogP contribution < -0.4 is 9.62 Å². The summed E-state index contributed by atoms with van der Waals surface area (Å²) >= 11 is 0. The van der Waals surface area contributed by atoms with Crippen molar-refractivity contribution in [3.05, 3.63) is 100 Å². The summed E-state index contributed by atoms with van der Waals surface area (Å²) < 4.78 is 26.5. The monoisotopic (exact) mass is 492 g/mol. The lowest BCUT2D eigenvalue weighted by Gasteiger charge is -2.25. The zero-order chi connectivity index (χ0) is 26.0. The summed E-state index contributed by atoms with van der Waals surface area (Å²) in [5.41, 5.74) is 6.26. The molecule has 6 heteroatoms. The van der Waals surface area contributed by atoms with E-state index in [2.05, 4.69) is 50.4 Å². The van der Waals surface area contributed by atoms with E-state index in [4.69, 9.17) is 0 Å². The minimum absolute atomic E-state index is 0.0808. The van der Waals surface area contributed by atoms with Crippen molar-refractivity contribution in [1.29, 1.82) is 0 Å². The first-order valence-corrected chi connectivity index (χ1v) is 13.7. The summed E-state index contributed by atoms with van der Waals surface area (Å²) in [6.07, 6.45) is 1.21. The molecule has 186 valence electrons. The molecular formula is C29H36N2O3S. The third-order valence-corrected chi connectivity index (χ3v) is 7.33. The molecule has 0 saturated heterocycles. The van der Waals surface area contributed by atoms with Crippen molar-refractivity contribution in [2.45, 2.75) is 59.5 Å². The van der Waals surface area contributed by atoms with Crippen LogP contribution in [0.5, 0.6) is 0 Å². The lowest BCUT2D eigenvalue weighted by Crippen LogP contribution is -2.30. The van der Waals surface area contributed by atoms with Gasteiger partial charge in [0.05, 0.1) is 24.5 Å². The van der Waals surface area contributed by atoms with Crippen molar-refractivity contribution >= 4 is 21.6 Å². The maximum absolute atomic E-state index is 12.8. The van der Waals surface area contributed by atoms with Crippen molar-refractivity contribution in [3.8, 4) is 0 Å². The Morgan fingerprint density at radius 2 is 1.54 bits per heavy atom. The first kappa shape index (κ1) is 26.5. The van der Waals surface area contributed by atoms with Crippen LogP contribution in [0.2, 0.25) is 0 Å². The van der Waals surface area contributed by atoms with Crippen LogP contribution in [0.25, 0.3) is 0 Å². The largest absolute Gasteiger partial charge is 0.346 e. The van der Waals surface area contributed by atoms with Crippen LogP contribution in [-0.2, 0) is 22.0 Å². The number of benzene rings is 3. The fourth-order valence-corrected chi connectivity index (χ4v) is 4.87. The number of rotatable bonds is 7. The SMILES string of the molecule is Cc1ccc(C)c(N(Cc2ccc(C(=O)N[C@H](C)c3ccc(C(C)(C)C)cc3)cc2)S(C)(=O)=O)c1. The molecule has 0 radical (unpaired) electrons. The van der Waals surface area contributed by atoms with Gasteiger partial charge in [0, 0.05) is 5.56 Å². The average Bonchev–Trinajstić information content (AvgIpc) is 2.78. The Balaban J connectivity index is 1.73. The smallest absolute Gasteiger partial charge is 0.251 e. The Kier molecular flexibility index (Phi) is 7.75. The van der Waals surface area contributed by atoms with Crippen LogP contribution in [0, 0.1) is 13.8 Å². The highest BCUT2D eigenvalue weighted by Crippen LogP contribution is 2.27. The summed E-state index contributed by atoms with van der Waals surface area (Å²) in [6.45, 7) is 12.5. The number of nitrogens with one attached hydrogen (secondary N) is 1. The fourth-order valence-electron chi connectivity index (χ4n) is 3.93. The summed E-state index contributed by atoms with van der Waals surface area (Å²) in [5, 5.41) is 3.05. The second-order valence-electron chi connectivity index (χ2n) is 10.3. The number of carbonyl (C=O) groups excluding carboxylic acids is 1. The Morgan fingerprint density at radius 3 is 2.09 bits per heavy atom. The second kappa shape index (κ2) is 10.2. The number of hydrogen-bond acceptors (Lipinski definition) is 3. The molecule has 0 unspecified atom stereocenters. The van der Waals surface area contributed by atoms with Gasteiger partial charge in [-0.3, -0.25) is 9.10 Å². The first-order valence-electron chi connectivity index (χ1n) is 11.8.